The molecule has 0 fully saturated rings. The minimum atomic E-state index is -1.36. The van der Waals surface area contributed by atoms with Gasteiger partial charge in [-0.1, -0.05) is 42.5 Å². The van der Waals surface area contributed by atoms with Gasteiger partial charge in [0.25, 0.3) is 0 Å². The summed E-state index contributed by atoms with van der Waals surface area (Å²) < 4.78 is 11.3. The average Bonchev–Trinajstić information content (AvgIpc) is 2.56. The maximum absolute atomic E-state index is 11.6. The first kappa shape index (κ1) is 17.7. The van der Waals surface area contributed by atoms with Gasteiger partial charge in [0.15, 0.2) is 0 Å². The Kier molecular flexibility index (Phi) is 6.08. The van der Waals surface area contributed by atoms with Gasteiger partial charge in [-0.3, -0.25) is 0 Å². The van der Waals surface area contributed by atoms with Crippen molar-refractivity contribution in [1.82, 2.24) is 0 Å². The minimum Gasteiger partial charge on any atom is -0.545 e. The molecule has 0 aliphatic rings. The van der Waals surface area contributed by atoms with Gasteiger partial charge in [-0.05, 0) is 36.4 Å². The van der Waals surface area contributed by atoms with Gasteiger partial charge in [0.2, 0.25) is 0 Å². The molecule has 5 heteroatoms. The van der Waals surface area contributed by atoms with Gasteiger partial charge in [0.1, 0.15) is 23.0 Å². The number of ether oxygens (including phenoxy) is 2. The smallest absolute Gasteiger partial charge is 0.545 e. The molecule has 0 N–H and O–H groups in total. The van der Waals surface area contributed by atoms with Crippen LogP contribution in [-0.2, 0) is 0 Å². The second-order valence-corrected chi connectivity index (χ2v) is 4.75. The molecule has 0 aliphatic heterocycles. The van der Waals surface area contributed by atoms with Crippen LogP contribution in [0.25, 0.3) is 0 Å². The average molecular weight is 312 g/mol. The third-order valence-corrected chi connectivity index (χ3v) is 3.13. The minimum absolute atomic E-state index is 0. The second kappa shape index (κ2) is 8.26. The number of benzene rings is 3. The number of carbonyl (C=O) groups excluding carboxylic acids is 1. The van der Waals surface area contributed by atoms with Gasteiger partial charge in [0, 0.05) is 0 Å². The Bertz CT molecular complexity index is 744. The molecule has 3 aromatic carbocycles. The fourth-order valence-corrected chi connectivity index (χ4v) is 2.11. The maximum atomic E-state index is 11.6. The molecule has 0 saturated carbocycles. The normalized spacial score (nSPS) is 9.67. The fraction of sp³-hybridized carbons (Fsp3) is 0. The van der Waals surface area contributed by atoms with Crippen molar-refractivity contribution in [2.75, 3.05) is 0 Å². The summed E-state index contributed by atoms with van der Waals surface area (Å²) in [5.74, 6) is 0.0513. The van der Waals surface area contributed by atoms with Gasteiger partial charge < -0.3 is 19.4 Å². The Hall–Kier alpha value is -2.67. The van der Waals surface area contributed by atoms with Crippen LogP contribution in [0.4, 0.5) is 0 Å². The molecule has 24 heavy (non-hydrogen) atoms. The molecule has 3 aromatic rings. The number of hydrogen-bond acceptors (Lipinski definition) is 4. The largest absolute Gasteiger partial charge is 1.00 e. The molecule has 0 radical (unpaired) electrons. The predicted octanol–water partition coefficient (Wildman–Crippen LogP) is 0.639. The summed E-state index contributed by atoms with van der Waals surface area (Å²) >= 11 is 0. The zero-order chi connectivity index (χ0) is 16.1. The molecule has 4 nitrogen and oxygen atoms in total. The second-order valence-electron chi connectivity index (χ2n) is 4.75. The zero-order valence-corrected chi connectivity index (χ0v) is 13.1. The summed E-state index contributed by atoms with van der Waals surface area (Å²) in [5, 5.41) is 11.6. The number of carbonyl (C=O) groups is 1. The van der Waals surface area contributed by atoms with E-state index in [0.717, 1.165) is 0 Å². The molecule has 0 aromatic heterocycles. The first-order chi connectivity index (χ1) is 11.2. The number of carboxylic acids is 1. The van der Waals surface area contributed by atoms with Crippen LogP contribution in [0.15, 0.2) is 78.9 Å². The molecule has 3 rings (SSSR count). The summed E-state index contributed by atoms with van der Waals surface area (Å²) in [4.78, 5) is 11.6. The summed E-state index contributed by atoms with van der Waals surface area (Å²) in [6.45, 7) is 0. The molecule has 114 valence electrons. The fourth-order valence-electron chi connectivity index (χ4n) is 2.11. The van der Waals surface area contributed by atoms with E-state index in [4.69, 9.17) is 9.47 Å². The predicted molar refractivity (Wildman–Crippen MR) is 83.8 cm³/mol. The first-order valence-electron chi connectivity index (χ1n) is 7.04. The van der Waals surface area contributed by atoms with Crippen molar-refractivity contribution in [3.8, 4) is 23.0 Å². The van der Waals surface area contributed by atoms with Crippen LogP contribution < -0.4 is 33.4 Å². The maximum Gasteiger partial charge on any atom is 1.00 e. The van der Waals surface area contributed by atoms with E-state index in [1.165, 1.54) is 0 Å². The molecule has 0 spiro atoms. The molecule has 0 saturated heterocycles. The molecular weight excluding hydrogens is 299 g/mol. The summed E-state index contributed by atoms with van der Waals surface area (Å²) in [6, 6.07) is 22.7. The Morgan fingerprint density at radius 1 is 0.667 bits per heavy atom. The molecule has 0 unspecified atom stereocenters. The van der Waals surface area contributed by atoms with Gasteiger partial charge in [-0.15, -0.1) is 0 Å². The quantitative estimate of drug-likeness (QED) is 0.649. The number of para-hydroxylation sites is 2. The van der Waals surface area contributed by atoms with Crippen molar-refractivity contribution in [2.24, 2.45) is 0 Å². The molecule has 0 atom stereocenters. The molecule has 0 aliphatic carbocycles. The third kappa shape index (κ3) is 4.20. The standard InChI is InChI=1S/C19H14O4.Li/c20-19(21)18-16(22-14-8-3-1-4-9-14)12-7-13-17(18)23-15-10-5-2-6-11-15;/h1-13H,(H,20,21);/q;+1/p-1. The first-order valence-corrected chi connectivity index (χ1v) is 7.04. The van der Waals surface area contributed by atoms with Crippen LogP contribution in [0, 0.1) is 0 Å². The van der Waals surface area contributed by atoms with E-state index >= 15 is 0 Å². The van der Waals surface area contributed by atoms with Crippen molar-refractivity contribution in [1.29, 1.82) is 0 Å². The topological polar surface area (TPSA) is 58.6 Å². The van der Waals surface area contributed by atoms with Gasteiger partial charge >= 0.3 is 18.9 Å². The van der Waals surface area contributed by atoms with Crippen molar-refractivity contribution >= 4 is 5.97 Å². The van der Waals surface area contributed by atoms with E-state index in [2.05, 4.69) is 0 Å². The number of carboxylic acid groups (broad SMARTS) is 1. The van der Waals surface area contributed by atoms with Crippen LogP contribution in [0.1, 0.15) is 10.4 Å². The Balaban J connectivity index is 0.00000208. The van der Waals surface area contributed by atoms with E-state index in [-0.39, 0.29) is 35.9 Å². The third-order valence-electron chi connectivity index (χ3n) is 3.13. The Morgan fingerprint density at radius 3 is 1.46 bits per heavy atom. The van der Waals surface area contributed by atoms with E-state index in [1.807, 2.05) is 12.1 Å². The van der Waals surface area contributed by atoms with Gasteiger partial charge in [-0.25, -0.2) is 0 Å². The Labute approximate surface area is 151 Å². The Morgan fingerprint density at radius 2 is 1.08 bits per heavy atom. The van der Waals surface area contributed by atoms with Crippen molar-refractivity contribution in [3.63, 3.8) is 0 Å². The van der Waals surface area contributed by atoms with Gasteiger partial charge in [0.05, 0.1) is 11.5 Å². The molecule has 0 heterocycles. The van der Waals surface area contributed by atoms with Crippen LogP contribution >= 0.6 is 0 Å². The number of hydrogen-bond donors (Lipinski definition) is 0. The zero-order valence-electron chi connectivity index (χ0n) is 13.1. The van der Waals surface area contributed by atoms with Crippen LogP contribution in [-0.4, -0.2) is 5.97 Å². The van der Waals surface area contributed by atoms with E-state index in [1.54, 1.807) is 66.7 Å². The van der Waals surface area contributed by atoms with Crippen molar-refractivity contribution in [3.05, 3.63) is 84.4 Å². The van der Waals surface area contributed by atoms with Crippen molar-refractivity contribution < 1.29 is 38.2 Å². The number of aromatic carboxylic acids is 1. The SMILES string of the molecule is O=C([O-])c1c(Oc2ccccc2)cccc1Oc1ccccc1.[Li+]. The summed E-state index contributed by atoms with van der Waals surface area (Å²) in [7, 11) is 0. The van der Waals surface area contributed by atoms with E-state index in [9.17, 15) is 9.90 Å². The molecule has 0 bridgehead atoms. The van der Waals surface area contributed by atoms with Crippen molar-refractivity contribution in [2.45, 2.75) is 0 Å². The van der Waals surface area contributed by atoms with E-state index < -0.39 is 5.97 Å². The van der Waals surface area contributed by atoms with Gasteiger partial charge in [-0.2, -0.15) is 0 Å². The van der Waals surface area contributed by atoms with E-state index in [0.29, 0.717) is 11.5 Å². The molecular formula is C19H13LiO4. The molecule has 0 amide bonds. The van der Waals surface area contributed by atoms with Crippen LogP contribution in [0.3, 0.4) is 0 Å². The monoisotopic (exact) mass is 312 g/mol. The van der Waals surface area contributed by atoms with Crippen LogP contribution in [0.2, 0.25) is 0 Å². The summed E-state index contributed by atoms with van der Waals surface area (Å²) in [5.41, 5.74) is -0.125. The summed E-state index contributed by atoms with van der Waals surface area (Å²) in [6.07, 6.45) is 0. The van der Waals surface area contributed by atoms with Crippen LogP contribution in [0.5, 0.6) is 23.0 Å². The number of rotatable bonds is 5.